The molecule has 1 aromatic rings. The monoisotopic (exact) mass is 268 g/mol. The van der Waals surface area contributed by atoms with E-state index >= 15 is 0 Å². The fourth-order valence-electron chi connectivity index (χ4n) is 1.02. The van der Waals surface area contributed by atoms with Crippen LogP contribution in [0.1, 0.15) is 16.3 Å². The Labute approximate surface area is 102 Å². The molecule has 16 heavy (non-hydrogen) atoms. The SMILES string of the molecule is Cc1cc(=O)c(O)c(C(=O)NCCN)o1.[Fe]. The first-order valence-electron chi connectivity index (χ1n) is 4.38. The maximum Gasteiger partial charge on any atom is 0.291 e. The average molecular weight is 268 g/mol. The van der Waals surface area contributed by atoms with Crippen LogP contribution in [0, 0.1) is 6.92 Å². The zero-order chi connectivity index (χ0) is 11.4. The number of rotatable bonds is 3. The molecule has 0 fully saturated rings. The predicted molar refractivity (Wildman–Crippen MR) is 52.8 cm³/mol. The summed E-state index contributed by atoms with van der Waals surface area (Å²) in [5, 5.41) is 11.7. The second kappa shape index (κ2) is 6.32. The smallest absolute Gasteiger partial charge is 0.291 e. The first-order valence-corrected chi connectivity index (χ1v) is 4.38. The van der Waals surface area contributed by atoms with E-state index < -0.39 is 17.1 Å². The molecule has 0 unspecified atom stereocenters. The Morgan fingerprint density at radius 2 is 2.25 bits per heavy atom. The zero-order valence-corrected chi connectivity index (χ0v) is 9.70. The molecule has 1 aromatic heterocycles. The molecule has 0 radical (unpaired) electrons. The van der Waals surface area contributed by atoms with Crippen LogP contribution in [0.5, 0.6) is 5.75 Å². The van der Waals surface area contributed by atoms with Gasteiger partial charge in [-0.1, -0.05) is 0 Å². The number of nitrogens with two attached hydrogens (primary N) is 1. The molecule has 0 bridgehead atoms. The first-order chi connectivity index (χ1) is 7.06. The molecule has 0 aliphatic rings. The number of nitrogens with one attached hydrogen (secondary N) is 1. The third-order valence-corrected chi connectivity index (χ3v) is 1.68. The topological polar surface area (TPSA) is 106 Å². The maximum absolute atomic E-state index is 11.4. The van der Waals surface area contributed by atoms with Crippen molar-refractivity contribution in [3.63, 3.8) is 0 Å². The van der Waals surface area contributed by atoms with Gasteiger partial charge in [0.05, 0.1) is 0 Å². The minimum Gasteiger partial charge on any atom is -0.501 e. The third kappa shape index (κ3) is 3.37. The van der Waals surface area contributed by atoms with Gasteiger partial charge < -0.3 is 20.6 Å². The maximum atomic E-state index is 11.4. The fourth-order valence-corrected chi connectivity index (χ4v) is 1.02. The summed E-state index contributed by atoms with van der Waals surface area (Å²) in [5.41, 5.74) is 4.54. The van der Waals surface area contributed by atoms with E-state index in [1.807, 2.05) is 0 Å². The average Bonchev–Trinajstić information content (AvgIpc) is 2.19. The van der Waals surface area contributed by atoms with E-state index in [1.165, 1.54) is 6.92 Å². The molecule has 0 aliphatic carbocycles. The van der Waals surface area contributed by atoms with Gasteiger partial charge in [0, 0.05) is 36.2 Å². The number of hydrogen-bond acceptors (Lipinski definition) is 5. The Bertz CT molecular complexity index is 430. The van der Waals surface area contributed by atoms with Crippen LogP contribution in [0.3, 0.4) is 0 Å². The third-order valence-electron chi connectivity index (χ3n) is 1.68. The zero-order valence-electron chi connectivity index (χ0n) is 8.59. The van der Waals surface area contributed by atoms with E-state index in [-0.39, 0.29) is 41.7 Å². The van der Waals surface area contributed by atoms with Gasteiger partial charge in [0.2, 0.25) is 16.9 Å². The number of hydrogen-bond donors (Lipinski definition) is 3. The number of carbonyl (C=O) groups is 1. The molecule has 7 heteroatoms. The molecule has 0 atom stereocenters. The molecule has 1 heterocycles. The van der Waals surface area contributed by atoms with Crippen LogP contribution in [0.15, 0.2) is 15.3 Å². The quantitative estimate of drug-likeness (QED) is 0.631. The number of amides is 1. The van der Waals surface area contributed by atoms with Gasteiger partial charge in [-0.05, 0) is 6.92 Å². The van der Waals surface area contributed by atoms with Gasteiger partial charge in [-0.3, -0.25) is 9.59 Å². The summed E-state index contributed by atoms with van der Waals surface area (Å²) in [7, 11) is 0. The summed E-state index contributed by atoms with van der Waals surface area (Å²) in [6.45, 7) is 2.03. The molecule has 0 aromatic carbocycles. The van der Waals surface area contributed by atoms with Crippen LogP contribution >= 0.6 is 0 Å². The number of carbonyl (C=O) groups excluding carboxylic acids is 1. The van der Waals surface area contributed by atoms with Gasteiger partial charge in [0.25, 0.3) is 5.91 Å². The van der Waals surface area contributed by atoms with Gasteiger partial charge in [0.15, 0.2) is 0 Å². The minimum absolute atomic E-state index is 0. The molecule has 6 nitrogen and oxygen atoms in total. The second-order valence-corrected chi connectivity index (χ2v) is 2.94. The molecule has 4 N–H and O–H groups in total. The van der Waals surface area contributed by atoms with E-state index in [9.17, 15) is 14.7 Å². The standard InChI is InChI=1S/C9H12N2O4.Fe/c1-5-4-6(12)7(13)8(15-5)9(14)11-3-2-10;/h4,13H,2-3,10H2,1H3,(H,11,14);. The van der Waals surface area contributed by atoms with E-state index in [0.717, 1.165) is 6.07 Å². The molecule has 0 saturated carbocycles. The van der Waals surface area contributed by atoms with Gasteiger partial charge in [-0.15, -0.1) is 0 Å². The second-order valence-electron chi connectivity index (χ2n) is 2.94. The molecule has 0 aliphatic heterocycles. The van der Waals surface area contributed by atoms with Crippen molar-refractivity contribution in [1.82, 2.24) is 5.32 Å². The van der Waals surface area contributed by atoms with Crippen molar-refractivity contribution < 1.29 is 31.4 Å². The Morgan fingerprint density at radius 3 is 2.81 bits per heavy atom. The van der Waals surface area contributed by atoms with Gasteiger partial charge in [-0.25, -0.2) is 0 Å². The summed E-state index contributed by atoms with van der Waals surface area (Å²) < 4.78 is 4.94. The Hall–Kier alpha value is -1.30. The van der Waals surface area contributed by atoms with E-state index in [2.05, 4.69) is 5.32 Å². The van der Waals surface area contributed by atoms with Gasteiger partial charge >= 0.3 is 0 Å². The number of aryl methyl sites for hydroxylation is 1. The largest absolute Gasteiger partial charge is 0.501 e. The number of aromatic hydroxyl groups is 1. The van der Waals surface area contributed by atoms with E-state index in [4.69, 9.17) is 10.2 Å². The normalized spacial score (nSPS) is 9.38. The molecule has 0 saturated heterocycles. The molecule has 1 rings (SSSR count). The molecular formula is C9H12FeN2O4. The minimum atomic E-state index is -0.685. The molecule has 1 amide bonds. The summed E-state index contributed by atoms with van der Waals surface area (Å²) in [4.78, 5) is 22.5. The molecule has 90 valence electrons. The van der Waals surface area contributed by atoms with Crippen LogP contribution in [0.4, 0.5) is 0 Å². The van der Waals surface area contributed by atoms with Crippen LogP contribution in [0.2, 0.25) is 0 Å². The first kappa shape index (κ1) is 14.7. The molecule has 0 spiro atoms. The Balaban J connectivity index is 0.00000225. The van der Waals surface area contributed by atoms with Crippen molar-refractivity contribution in [2.75, 3.05) is 13.1 Å². The van der Waals surface area contributed by atoms with Crippen molar-refractivity contribution in [1.29, 1.82) is 0 Å². The van der Waals surface area contributed by atoms with Crippen molar-refractivity contribution in [3.05, 3.63) is 27.8 Å². The van der Waals surface area contributed by atoms with Crippen LogP contribution in [-0.4, -0.2) is 24.1 Å². The van der Waals surface area contributed by atoms with Crippen molar-refractivity contribution in [2.24, 2.45) is 5.73 Å². The van der Waals surface area contributed by atoms with Crippen LogP contribution in [-0.2, 0) is 17.1 Å². The predicted octanol–water partition coefficient (Wildman–Crippen LogP) is -0.660. The van der Waals surface area contributed by atoms with Crippen LogP contribution < -0.4 is 16.5 Å². The Morgan fingerprint density at radius 1 is 1.62 bits per heavy atom. The van der Waals surface area contributed by atoms with Crippen molar-refractivity contribution >= 4 is 5.91 Å². The summed E-state index contributed by atoms with van der Waals surface area (Å²) >= 11 is 0. The van der Waals surface area contributed by atoms with Crippen molar-refractivity contribution in [2.45, 2.75) is 6.92 Å². The van der Waals surface area contributed by atoms with Crippen LogP contribution in [0.25, 0.3) is 0 Å². The van der Waals surface area contributed by atoms with Crippen molar-refractivity contribution in [3.8, 4) is 5.75 Å². The van der Waals surface area contributed by atoms with E-state index in [1.54, 1.807) is 0 Å². The summed E-state index contributed by atoms with van der Waals surface area (Å²) in [6.07, 6.45) is 0. The molecular weight excluding hydrogens is 256 g/mol. The summed E-state index contributed by atoms with van der Waals surface area (Å²) in [6, 6.07) is 1.11. The fraction of sp³-hybridized carbons (Fsp3) is 0.333. The van der Waals surface area contributed by atoms with E-state index in [0.29, 0.717) is 0 Å². The summed E-state index contributed by atoms with van der Waals surface area (Å²) in [5.74, 6) is -1.46. The Kier molecular flexibility index (Phi) is 5.80. The van der Waals surface area contributed by atoms with Gasteiger partial charge in [-0.2, -0.15) is 0 Å². The van der Waals surface area contributed by atoms with Gasteiger partial charge in [0.1, 0.15) is 5.76 Å².